The second-order valence-corrected chi connectivity index (χ2v) is 8.67. The molecule has 2 aliphatic rings. The van der Waals surface area contributed by atoms with Gasteiger partial charge in [0.25, 0.3) is 0 Å². The Balaban J connectivity index is 1.24. The average molecular weight is 387 g/mol. The molecular weight excluding hydrogens is 364 g/mol. The quantitative estimate of drug-likeness (QED) is 0.637. The second-order valence-electron chi connectivity index (χ2n) is 7.73. The van der Waals surface area contributed by atoms with Gasteiger partial charge in [-0.3, -0.25) is 0 Å². The largest absolute Gasteiger partial charge is 0.493 e. The highest BCUT2D eigenvalue weighted by molar-refractivity contribution is 7.13. The van der Waals surface area contributed by atoms with Crippen LogP contribution in [0, 0.1) is 17.2 Å². The monoisotopic (exact) mass is 386 g/mol. The maximum absolute atomic E-state index is 9.22. The third kappa shape index (κ3) is 3.32. The maximum atomic E-state index is 9.22. The van der Waals surface area contributed by atoms with Crippen molar-refractivity contribution in [2.45, 2.75) is 12.3 Å². The third-order valence-electron chi connectivity index (χ3n) is 5.98. The molecule has 0 spiro atoms. The Morgan fingerprint density at radius 1 is 1.11 bits per heavy atom. The number of thiophene rings is 1. The van der Waals surface area contributed by atoms with E-state index in [0.29, 0.717) is 11.8 Å². The smallest absolute Gasteiger partial charge is 0.122 e. The minimum Gasteiger partial charge on any atom is -0.493 e. The fourth-order valence-corrected chi connectivity index (χ4v) is 5.20. The summed E-state index contributed by atoms with van der Waals surface area (Å²) in [5.74, 6) is 1.98. The summed E-state index contributed by atoms with van der Waals surface area (Å²) in [5, 5.41) is 11.3. The number of likely N-dealkylation sites (tertiary alicyclic amines) is 1. The molecule has 2 aromatic carbocycles. The molecule has 4 heteroatoms. The van der Waals surface area contributed by atoms with E-state index in [-0.39, 0.29) is 0 Å². The lowest BCUT2D eigenvalue weighted by Gasteiger charge is -2.27. The van der Waals surface area contributed by atoms with E-state index in [0.717, 1.165) is 44.0 Å². The van der Waals surface area contributed by atoms with E-state index in [1.54, 1.807) is 11.3 Å². The van der Waals surface area contributed by atoms with Crippen molar-refractivity contribution in [3.05, 3.63) is 76.7 Å². The van der Waals surface area contributed by atoms with Gasteiger partial charge in [-0.1, -0.05) is 30.3 Å². The zero-order valence-electron chi connectivity index (χ0n) is 15.7. The van der Waals surface area contributed by atoms with E-state index in [1.165, 1.54) is 21.6 Å². The Morgan fingerprint density at radius 3 is 2.79 bits per heavy atom. The summed E-state index contributed by atoms with van der Waals surface area (Å²) in [6, 6.07) is 21.4. The molecule has 0 radical (unpaired) electrons. The van der Waals surface area contributed by atoms with Crippen LogP contribution in [0.25, 0.3) is 10.4 Å². The lowest BCUT2D eigenvalue weighted by atomic mass is 9.86. The number of hydrogen-bond acceptors (Lipinski definition) is 4. The molecule has 0 amide bonds. The Labute approximate surface area is 169 Å². The predicted octanol–water partition coefficient (Wildman–Crippen LogP) is 4.94. The number of fused-ring (bicyclic) bond motifs is 3. The van der Waals surface area contributed by atoms with Crippen molar-refractivity contribution in [3.8, 4) is 22.3 Å². The Morgan fingerprint density at radius 2 is 2.00 bits per heavy atom. The van der Waals surface area contributed by atoms with Crippen LogP contribution in [0.1, 0.15) is 22.6 Å². The van der Waals surface area contributed by atoms with Gasteiger partial charge in [0.15, 0.2) is 0 Å². The lowest BCUT2D eigenvalue weighted by Crippen LogP contribution is -2.25. The molecule has 28 heavy (non-hydrogen) atoms. The zero-order chi connectivity index (χ0) is 18.9. The fourth-order valence-electron chi connectivity index (χ4n) is 4.47. The van der Waals surface area contributed by atoms with Gasteiger partial charge in [0, 0.05) is 41.9 Å². The van der Waals surface area contributed by atoms with Gasteiger partial charge >= 0.3 is 0 Å². The van der Waals surface area contributed by atoms with Crippen LogP contribution in [0.15, 0.2) is 60.0 Å². The van der Waals surface area contributed by atoms with E-state index in [2.05, 4.69) is 52.7 Å². The van der Waals surface area contributed by atoms with Gasteiger partial charge in [0.05, 0.1) is 18.2 Å². The minimum absolute atomic E-state index is 0.484. The minimum atomic E-state index is 0.484. The molecule has 1 fully saturated rings. The number of nitriles is 1. The first-order valence-electron chi connectivity index (χ1n) is 9.82. The summed E-state index contributed by atoms with van der Waals surface area (Å²) >= 11 is 1.78. The molecule has 0 N–H and O–H groups in total. The molecule has 1 saturated heterocycles. The predicted molar refractivity (Wildman–Crippen MR) is 113 cm³/mol. The first-order chi connectivity index (χ1) is 13.8. The van der Waals surface area contributed by atoms with E-state index in [1.807, 2.05) is 18.2 Å². The highest BCUT2D eigenvalue weighted by atomic mass is 32.1. The number of hydrogen-bond donors (Lipinski definition) is 0. The van der Waals surface area contributed by atoms with Crippen LogP contribution in [-0.4, -0.2) is 31.1 Å². The van der Waals surface area contributed by atoms with Crippen molar-refractivity contribution >= 4 is 11.3 Å². The molecule has 3 nitrogen and oxygen atoms in total. The molecule has 0 unspecified atom stereocenters. The topological polar surface area (TPSA) is 36.3 Å². The lowest BCUT2D eigenvalue weighted by molar-refractivity contribution is 0.213. The summed E-state index contributed by atoms with van der Waals surface area (Å²) in [5.41, 5.74) is 4.64. The summed E-state index contributed by atoms with van der Waals surface area (Å²) in [6.45, 7) is 3.99. The normalized spacial score (nSPS) is 20.8. The highest BCUT2D eigenvalue weighted by Crippen LogP contribution is 2.42. The summed E-state index contributed by atoms with van der Waals surface area (Å²) in [6.07, 6.45) is 1.07. The van der Waals surface area contributed by atoms with Gasteiger partial charge in [0.1, 0.15) is 5.75 Å². The van der Waals surface area contributed by atoms with Crippen LogP contribution in [0.3, 0.4) is 0 Å². The van der Waals surface area contributed by atoms with Gasteiger partial charge in [0.2, 0.25) is 0 Å². The maximum Gasteiger partial charge on any atom is 0.122 e. The molecule has 0 bridgehead atoms. The SMILES string of the molecule is N#Cc1ccc2c(c1)[C@H]1CN(CCc3ccc(-c4cccs4)cc3)C[C@@H]1CO2. The number of benzene rings is 2. The molecule has 140 valence electrons. The van der Waals surface area contributed by atoms with Crippen molar-refractivity contribution < 1.29 is 4.74 Å². The van der Waals surface area contributed by atoms with Gasteiger partial charge in [-0.25, -0.2) is 0 Å². The van der Waals surface area contributed by atoms with Gasteiger partial charge in [-0.15, -0.1) is 11.3 Å². The highest BCUT2D eigenvalue weighted by Gasteiger charge is 2.38. The van der Waals surface area contributed by atoms with Crippen molar-refractivity contribution in [1.29, 1.82) is 5.26 Å². The summed E-state index contributed by atoms with van der Waals surface area (Å²) in [7, 11) is 0. The fraction of sp³-hybridized carbons (Fsp3) is 0.292. The van der Waals surface area contributed by atoms with Crippen LogP contribution >= 0.6 is 11.3 Å². The number of ether oxygens (including phenoxy) is 1. The molecule has 0 saturated carbocycles. The molecule has 2 aliphatic heterocycles. The van der Waals surface area contributed by atoms with Gasteiger partial charge in [-0.05, 0) is 47.2 Å². The van der Waals surface area contributed by atoms with E-state index >= 15 is 0 Å². The standard InChI is InChI=1S/C24H22N2OS/c25-13-18-5-8-23-21(12-18)22-15-26(14-20(22)16-27-23)10-9-17-3-6-19(7-4-17)24-2-1-11-28-24/h1-8,11-12,20,22H,9-10,14-16H2/t20-,22+/m1/s1. The Bertz CT molecular complexity index is 1000. The van der Waals surface area contributed by atoms with Crippen molar-refractivity contribution in [1.82, 2.24) is 4.90 Å². The molecule has 5 rings (SSSR count). The van der Waals surface area contributed by atoms with Crippen LogP contribution in [0.4, 0.5) is 0 Å². The molecule has 1 aromatic heterocycles. The first-order valence-corrected chi connectivity index (χ1v) is 10.7. The van der Waals surface area contributed by atoms with E-state index in [4.69, 9.17) is 4.74 Å². The van der Waals surface area contributed by atoms with E-state index in [9.17, 15) is 5.26 Å². The second kappa shape index (κ2) is 7.43. The van der Waals surface area contributed by atoms with Crippen molar-refractivity contribution in [2.75, 3.05) is 26.2 Å². The number of rotatable bonds is 4. The van der Waals surface area contributed by atoms with Crippen LogP contribution in [-0.2, 0) is 6.42 Å². The third-order valence-corrected chi connectivity index (χ3v) is 6.90. The van der Waals surface area contributed by atoms with Crippen molar-refractivity contribution in [2.24, 2.45) is 5.92 Å². The van der Waals surface area contributed by atoms with Crippen molar-refractivity contribution in [3.63, 3.8) is 0 Å². The summed E-state index contributed by atoms with van der Waals surface area (Å²) in [4.78, 5) is 3.88. The molecule has 3 heterocycles. The summed E-state index contributed by atoms with van der Waals surface area (Å²) < 4.78 is 5.96. The molecular formula is C24H22N2OS. The van der Waals surface area contributed by atoms with Crippen LogP contribution in [0.5, 0.6) is 5.75 Å². The molecule has 2 atom stereocenters. The average Bonchev–Trinajstić information content (AvgIpc) is 3.42. The molecule has 0 aliphatic carbocycles. The Kier molecular flexibility index (Phi) is 4.64. The zero-order valence-corrected chi connectivity index (χ0v) is 16.5. The van der Waals surface area contributed by atoms with Gasteiger partial charge < -0.3 is 9.64 Å². The van der Waals surface area contributed by atoms with Crippen LogP contribution in [0.2, 0.25) is 0 Å². The first kappa shape index (κ1) is 17.5. The van der Waals surface area contributed by atoms with Crippen LogP contribution < -0.4 is 4.74 Å². The van der Waals surface area contributed by atoms with E-state index < -0.39 is 0 Å². The van der Waals surface area contributed by atoms with Gasteiger partial charge in [-0.2, -0.15) is 5.26 Å². The number of nitrogens with zero attached hydrogens (tertiary/aromatic N) is 2. The molecule has 3 aromatic rings. The Hall–Kier alpha value is -2.61.